The van der Waals surface area contributed by atoms with Crippen molar-refractivity contribution in [3.8, 4) is 0 Å². The Labute approximate surface area is 97.3 Å². The van der Waals surface area contributed by atoms with E-state index in [0.717, 1.165) is 19.4 Å². The van der Waals surface area contributed by atoms with Gasteiger partial charge in [0.05, 0.1) is 17.7 Å². The van der Waals surface area contributed by atoms with Gasteiger partial charge in [0.1, 0.15) is 0 Å². The fourth-order valence-electron chi connectivity index (χ4n) is 3.07. The first-order chi connectivity index (χ1) is 7.36. The van der Waals surface area contributed by atoms with Gasteiger partial charge in [-0.05, 0) is 33.6 Å². The summed E-state index contributed by atoms with van der Waals surface area (Å²) in [5.41, 5.74) is -0.293. The minimum Gasteiger partial charge on any atom is -0.367 e. The molecular formula is C12H22N2O2. The molecule has 0 radical (unpaired) electrons. The van der Waals surface area contributed by atoms with E-state index < -0.39 is 0 Å². The van der Waals surface area contributed by atoms with Crippen molar-refractivity contribution in [3.63, 3.8) is 0 Å². The van der Waals surface area contributed by atoms with Gasteiger partial charge in [0.15, 0.2) is 0 Å². The Morgan fingerprint density at radius 2 is 2.12 bits per heavy atom. The van der Waals surface area contributed by atoms with Crippen LogP contribution >= 0.6 is 0 Å². The van der Waals surface area contributed by atoms with Crippen LogP contribution in [0.5, 0.6) is 0 Å². The average molecular weight is 226 g/mol. The summed E-state index contributed by atoms with van der Waals surface area (Å²) in [6, 6.07) is 0.0134. The van der Waals surface area contributed by atoms with E-state index in [4.69, 9.17) is 4.74 Å². The van der Waals surface area contributed by atoms with Crippen molar-refractivity contribution in [1.82, 2.24) is 10.2 Å². The summed E-state index contributed by atoms with van der Waals surface area (Å²) >= 11 is 0. The van der Waals surface area contributed by atoms with Crippen molar-refractivity contribution >= 4 is 6.03 Å². The Balaban J connectivity index is 2.24. The van der Waals surface area contributed by atoms with Crippen LogP contribution in [0.15, 0.2) is 0 Å². The average Bonchev–Trinajstić information content (AvgIpc) is 2.40. The van der Waals surface area contributed by atoms with E-state index in [9.17, 15) is 4.79 Å². The van der Waals surface area contributed by atoms with Crippen molar-refractivity contribution in [2.75, 3.05) is 20.1 Å². The van der Waals surface area contributed by atoms with E-state index in [1.807, 2.05) is 4.90 Å². The van der Waals surface area contributed by atoms with E-state index in [1.165, 1.54) is 0 Å². The van der Waals surface area contributed by atoms with Crippen molar-refractivity contribution in [2.24, 2.45) is 5.92 Å². The number of hydrogen-bond acceptors (Lipinski definition) is 2. The highest BCUT2D eigenvalue weighted by atomic mass is 16.5. The number of hydrogen-bond donors (Lipinski definition) is 1. The van der Waals surface area contributed by atoms with Crippen molar-refractivity contribution in [2.45, 2.75) is 44.8 Å². The lowest BCUT2D eigenvalue weighted by Gasteiger charge is -2.44. The van der Waals surface area contributed by atoms with Crippen LogP contribution < -0.4 is 5.32 Å². The Bertz CT molecular complexity index is 303. The molecule has 2 atom stereocenters. The summed E-state index contributed by atoms with van der Waals surface area (Å²) in [7, 11) is 1.68. The molecule has 0 aromatic heterocycles. The van der Waals surface area contributed by atoms with Crippen LogP contribution in [0, 0.1) is 5.92 Å². The molecule has 0 spiro atoms. The van der Waals surface area contributed by atoms with Gasteiger partial charge in [0.25, 0.3) is 0 Å². The summed E-state index contributed by atoms with van der Waals surface area (Å²) in [6.45, 7) is 7.91. The van der Waals surface area contributed by atoms with Crippen molar-refractivity contribution in [3.05, 3.63) is 0 Å². The van der Waals surface area contributed by atoms with Crippen LogP contribution in [0.2, 0.25) is 0 Å². The van der Waals surface area contributed by atoms with E-state index in [0.29, 0.717) is 12.5 Å². The molecule has 3 saturated heterocycles. The maximum Gasteiger partial charge on any atom is 0.317 e. The van der Waals surface area contributed by atoms with E-state index >= 15 is 0 Å². The summed E-state index contributed by atoms with van der Waals surface area (Å²) < 4.78 is 6.19. The Kier molecular flexibility index (Phi) is 2.65. The number of carbonyl (C=O) groups is 1. The van der Waals surface area contributed by atoms with E-state index in [1.54, 1.807) is 7.05 Å². The molecule has 1 N–H and O–H groups in total. The van der Waals surface area contributed by atoms with Crippen LogP contribution in [-0.2, 0) is 4.74 Å². The number of carbonyl (C=O) groups excluding carboxylic acids is 1. The van der Waals surface area contributed by atoms with Gasteiger partial charge < -0.3 is 15.0 Å². The first-order valence-corrected chi connectivity index (χ1v) is 6.03. The molecule has 0 aromatic rings. The standard InChI is InChI=1S/C12H22N2O2/c1-11(2)9-5-6-12(3,16-11)8-14(7-9)10(15)13-4/h9H,5-8H2,1-4H3,(H,13,15)/t9-,12-/m0/s1. The molecule has 3 aliphatic rings. The lowest BCUT2D eigenvalue weighted by atomic mass is 9.81. The smallest absolute Gasteiger partial charge is 0.317 e. The fraction of sp³-hybridized carbons (Fsp3) is 0.917. The summed E-state index contributed by atoms with van der Waals surface area (Å²) in [6.07, 6.45) is 2.20. The zero-order valence-corrected chi connectivity index (χ0v) is 10.7. The normalized spacial score (nSPS) is 37.0. The predicted octanol–water partition coefficient (Wildman–Crippen LogP) is 1.61. The SMILES string of the molecule is CNC(=O)N1C[C@@H]2CC[C@@](C)(C1)OC2(C)C. The second-order valence-corrected chi connectivity index (χ2v) is 5.83. The highest BCUT2D eigenvalue weighted by Crippen LogP contribution is 2.43. The van der Waals surface area contributed by atoms with E-state index in [-0.39, 0.29) is 17.2 Å². The molecular weight excluding hydrogens is 204 g/mol. The molecule has 4 heteroatoms. The summed E-state index contributed by atoms with van der Waals surface area (Å²) in [4.78, 5) is 13.6. The van der Waals surface area contributed by atoms with Crippen LogP contribution in [0.3, 0.4) is 0 Å². The molecule has 3 rings (SSSR count). The van der Waals surface area contributed by atoms with Gasteiger partial charge in [0, 0.05) is 19.5 Å². The zero-order valence-electron chi connectivity index (χ0n) is 10.7. The predicted molar refractivity (Wildman–Crippen MR) is 62.3 cm³/mol. The number of amides is 2. The summed E-state index contributed by atoms with van der Waals surface area (Å²) in [5, 5.41) is 2.71. The zero-order chi connectivity index (χ0) is 12.0. The third-order valence-corrected chi connectivity index (χ3v) is 3.98. The minimum atomic E-state index is -0.178. The van der Waals surface area contributed by atoms with Crippen LogP contribution in [0.25, 0.3) is 0 Å². The third-order valence-electron chi connectivity index (χ3n) is 3.98. The molecule has 0 saturated carbocycles. The second kappa shape index (κ2) is 3.62. The molecule has 2 bridgehead atoms. The van der Waals surface area contributed by atoms with E-state index in [2.05, 4.69) is 26.1 Å². The number of nitrogens with one attached hydrogen (secondary N) is 1. The largest absolute Gasteiger partial charge is 0.367 e. The molecule has 4 nitrogen and oxygen atoms in total. The molecule has 0 aliphatic carbocycles. The van der Waals surface area contributed by atoms with Crippen LogP contribution in [0.1, 0.15) is 33.6 Å². The van der Waals surface area contributed by atoms with Gasteiger partial charge in [0.2, 0.25) is 0 Å². The van der Waals surface area contributed by atoms with Gasteiger partial charge in [-0.3, -0.25) is 0 Å². The number of urea groups is 1. The molecule has 16 heavy (non-hydrogen) atoms. The number of nitrogens with zero attached hydrogens (tertiary/aromatic N) is 1. The van der Waals surface area contributed by atoms with Gasteiger partial charge >= 0.3 is 6.03 Å². The van der Waals surface area contributed by atoms with Crippen molar-refractivity contribution in [1.29, 1.82) is 0 Å². The second-order valence-electron chi connectivity index (χ2n) is 5.83. The molecule has 3 fully saturated rings. The minimum absolute atomic E-state index is 0.0134. The third kappa shape index (κ3) is 1.90. The Morgan fingerprint density at radius 3 is 2.69 bits per heavy atom. The highest BCUT2D eigenvalue weighted by Gasteiger charge is 2.48. The lowest BCUT2D eigenvalue weighted by Crippen LogP contribution is -2.49. The van der Waals surface area contributed by atoms with Gasteiger partial charge in [-0.25, -0.2) is 4.79 Å². The molecule has 3 aliphatic heterocycles. The van der Waals surface area contributed by atoms with Gasteiger partial charge in [-0.2, -0.15) is 0 Å². The lowest BCUT2D eigenvalue weighted by molar-refractivity contribution is -0.175. The quantitative estimate of drug-likeness (QED) is 0.681. The molecule has 0 unspecified atom stereocenters. The van der Waals surface area contributed by atoms with Gasteiger partial charge in [-0.1, -0.05) is 0 Å². The first-order valence-electron chi connectivity index (χ1n) is 6.03. The van der Waals surface area contributed by atoms with Gasteiger partial charge in [-0.15, -0.1) is 0 Å². The topological polar surface area (TPSA) is 41.6 Å². The Hall–Kier alpha value is -0.770. The highest BCUT2D eigenvalue weighted by molar-refractivity contribution is 5.74. The van der Waals surface area contributed by atoms with Crippen LogP contribution in [-0.4, -0.2) is 42.3 Å². The Morgan fingerprint density at radius 1 is 1.44 bits per heavy atom. The molecule has 3 heterocycles. The molecule has 0 aromatic carbocycles. The maximum atomic E-state index is 11.8. The van der Waals surface area contributed by atoms with Crippen molar-refractivity contribution < 1.29 is 9.53 Å². The molecule has 2 amide bonds. The number of rotatable bonds is 0. The summed E-state index contributed by atoms with van der Waals surface area (Å²) in [5.74, 6) is 0.445. The monoisotopic (exact) mass is 226 g/mol. The molecule has 92 valence electrons. The fourth-order valence-corrected chi connectivity index (χ4v) is 3.07. The van der Waals surface area contributed by atoms with Crippen LogP contribution in [0.4, 0.5) is 4.79 Å². The first kappa shape index (κ1) is 11.7. The maximum absolute atomic E-state index is 11.8. The number of fused-ring (bicyclic) bond motifs is 4. The number of ether oxygens (including phenoxy) is 1.